The molecule has 1 N–H and O–H groups in total. The van der Waals surface area contributed by atoms with Gasteiger partial charge in [0.1, 0.15) is 0 Å². The molecule has 2 heterocycles. The smallest absolute Gasteiger partial charge is 0.264 e. The van der Waals surface area contributed by atoms with Gasteiger partial charge in [-0.15, -0.1) is 0 Å². The van der Waals surface area contributed by atoms with Crippen LogP contribution in [0.3, 0.4) is 0 Å². The maximum absolute atomic E-state index is 13.6. The van der Waals surface area contributed by atoms with Gasteiger partial charge in [0.25, 0.3) is 15.9 Å². The Morgan fingerprint density at radius 2 is 1.82 bits per heavy atom. The van der Waals surface area contributed by atoms with Gasteiger partial charge in [-0.05, 0) is 60.9 Å². The zero-order chi connectivity index (χ0) is 23.7. The normalized spacial score (nSPS) is 15.2. The Morgan fingerprint density at radius 1 is 1.03 bits per heavy atom. The van der Waals surface area contributed by atoms with E-state index in [-0.39, 0.29) is 22.4 Å². The minimum Gasteiger partial charge on any atom is -0.322 e. The van der Waals surface area contributed by atoms with Crippen LogP contribution >= 0.6 is 0 Å². The molecule has 0 radical (unpaired) electrons. The van der Waals surface area contributed by atoms with Gasteiger partial charge < -0.3 is 5.32 Å². The molecule has 0 saturated carbocycles. The molecule has 1 aliphatic heterocycles. The molecule has 1 amide bonds. The van der Waals surface area contributed by atoms with Crippen LogP contribution in [-0.2, 0) is 23.0 Å². The van der Waals surface area contributed by atoms with Gasteiger partial charge in [-0.25, -0.2) is 8.42 Å². The second-order valence-electron chi connectivity index (χ2n) is 8.33. The van der Waals surface area contributed by atoms with E-state index in [2.05, 4.69) is 10.4 Å². The van der Waals surface area contributed by atoms with Crippen LogP contribution in [0.1, 0.15) is 28.4 Å². The quantitative estimate of drug-likeness (QED) is 0.453. The Kier molecular flexibility index (Phi) is 5.67. The lowest BCUT2D eigenvalue weighted by atomic mass is 10.1. The fraction of sp³-hybridized carbons (Fsp3) is 0.154. The summed E-state index contributed by atoms with van der Waals surface area (Å²) in [5.74, 6) is -0.375. The molecule has 7 nitrogen and oxygen atoms in total. The van der Waals surface area contributed by atoms with Crippen LogP contribution in [0.2, 0.25) is 0 Å². The van der Waals surface area contributed by atoms with Crippen molar-refractivity contribution in [2.75, 3.05) is 9.62 Å². The van der Waals surface area contributed by atoms with Gasteiger partial charge in [-0.3, -0.25) is 13.8 Å². The number of fused-ring (bicyclic) bond motifs is 1. The van der Waals surface area contributed by atoms with Crippen LogP contribution in [-0.4, -0.2) is 30.1 Å². The zero-order valence-corrected chi connectivity index (χ0v) is 19.4. The molecule has 172 valence electrons. The van der Waals surface area contributed by atoms with Crippen molar-refractivity contribution in [1.29, 1.82) is 0 Å². The summed E-state index contributed by atoms with van der Waals surface area (Å²) in [5, 5.41) is 7.14. The Balaban J connectivity index is 1.42. The second-order valence-corrected chi connectivity index (χ2v) is 10.1. The van der Waals surface area contributed by atoms with Crippen LogP contribution in [0.15, 0.2) is 96.2 Å². The lowest BCUT2D eigenvalue weighted by Crippen LogP contribution is -2.35. The summed E-state index contributed by atoms with van der Waals surface area (Å²) in [7, 11) is -3.83. The highest BCUT2D eigenvalue weighted by Gasteiger charge is 2.36. The van der Waals surface area contributed by atoms with Gasteiger partial charge in [-0.1, -0.05) is 42.5 Å². The van der Waals surface area contributed by atoms with Crippen molar-refractivity contribution >= 4 is 27.3 Å². The zero-order valence-electron chi connectivity index (χ0n) is 18.6. The first-order valence-electron chi connectivity index (χ1n) is 11.0. The summed E-state index contributed by atoms with van der Waals surface area (Å²) >= 11 is 0. The number of hydrogen-bond acceptors (Lipinski definition) is 4. The van der Waals surface area contributed by atoms with Crippen molar-refractivity contribution in [3.8, 4) is 0 Å². The van der Waals surface area contributed by atoms with Gasteiger partial charge in [0.2, 0.25) is 0 Å². The Morgan fingerprint density at radius 3 is 2.65 bits per heavy atom. The molecular formula is C26H24N4O3S. The monoisotopic (exact) mass is 472 g/mol. The predicted molar refractivity (Wildman–Crippen MR) is 131 cm³/mol. The first-order valence-corrected chi connectivity index (χ1v) is 12.5. The van der Waals surface area contributed by atoms with E-state index in [4.69, 9.17) is 0 Å². The standard InChI is InChI=1S/C26H24N4O3S/c1-19-16-20-8-3-5-13-25(20)30(19)34(32,33)23-11-6-10-21(17-23)26(31)28-24-12-4-2-9-22(24)18-29-15-7-14-27-29/h2-15,17,19H,16,18H2,1H3,(H,28,31). The van der Waals surface area contributed by atoms with E-state index in [1.807, 2.05) is 67.7 Å². The molecule has 1 aromatic heterocycles. The third kappa shape index (κ3) is 4.08. The highest BCUT2D eigenvalue weighted by molar-refractivity contribution is 7.92. The van der Waals surface area contributed by atoms with Crippen LogP contribution in [0.25, 0.3) is 0 Å². The number of nitrogens with one attached hydrogen (secondary N) is 1. The molecule has 0 saturated heterocycles. The van der Waals surface area contributed by atoms with Crippen LogP contribution in [0.5, 0.6) is 0 Å². The van der Waals surface area contributed by atoms with E-state index >= 15 is 0 Å². The Hall–Kier alpha value is -3.91. The number of sulfonamides is 1. The van der Waals surface area contributed by atoms with E-state index in [9.17, 15) is 13.2 Å². The second kappa shape index (κ2) is 8.79. The van der Waals surface area contributed by atoms with Gasteiger partial charge in [0.05, 0.1) is 17.1 Å². The van der Waals surface area contributed by atoms with E-state index in [0.29, 0.717) is 24.3 Å². The average Bonchev–Trinajstić information content (AvgIpc) is 3.47. The SMILES string of the molecule is CC1Cc2ccccc2N1S(=O)(=O)c1cccc(C(=O)Nc2ccccc2Cn2cccn2)c1. The molecule has 0 bridgehead atoms. The molecular weight excluding hydrogens is 448 g/mol. The van der Waals surface area contributed by atoms with Crippen molar-refractivity contribution in [3.05, 3.63) is 108 Å². The van der Waals surface area contributed by atoms with Crippen molar-refractivity contribution in [3.63, 3.8) is 0 Å². The van der Waals surface area contributed by atoms with Gasteiger partial charge in [0.15, 0.2) is 0 Å². The van der Waals surface area contributed by atoms with Crippen molar-refractivity contribution in [1.82, 2.24) is 9.78 Å². The number of rotatable bonds is 6. The molecule has 3 aromatic carbocycles. The summed E-state index contributed by atoms with van der Waals surface area (Å²) < 4.78 is 30.3. The van der Waals surface area contributed by atoms with E-state index in [1.54, 1.807) is 23.0 Å². The molecule has 1 atom stereocenters. The third-order valence-corrected chi connectivity index (χ3v) is 7.88. The number of amides is 1. The number of hydrogen-bond donors (Lipinski definition) is 1. The molecule has 4 aromatic rings. The first-order chi connectivity index (χ1) is 16.4. The maximum Gasteiger partial charge on any atom is 0.264 e. The first kappa shape index (κ1) is 21.9. The largest absolute Gasteiger partial charge is 0.322 e. The molecule has 8 heteroatoms. The number of carbonyl (C=O) groups is 1. The summed E-state index contributed by atoms with van der Waals surface area (Å²) in [5.41, 5.74) is 3.51. The van der Waals surface area contributed by atoms with Crippen molar-refractivity contribution in [2.24, 2.45) is 0 Å². The molecule has 1 aliphatic rings. The summed E-state index contributed by atoms with van der Waals surface area (Å²) in [4.78, 5) is 13.2. The average molecular weight is 473 g/mol. The maximum atomic E-state index is 13.6. The number of aromatic nitrogens is 2. The Bertz CT molecular complexity index is 1450. The van der Waals surface area contributed by atoms with Crippen LogP contribution in [0.4, 0.5) is 11.4 Å². The minimum atomic E-state index is -3.83. The third-order valence-electron chi connectivity index (χ3n) is 5.95. The van der Waals surface area contributed by atoms with Gasteiger partial charge in [0, 0.05) is 29.7 Å². The fourth-order valence-electron chi connectivity index (χ4n) is 4.36. The predicted octanol–water partition coefficient (Wildman–Crippen LogP) is 4.32. The van der Waals surface area contributed by atoms with Crippen molar-refractivity contribution in [2.45, 2.75) is 30.8 Å². The molecule has 0 aliphatic carbocycles. The summed E-state index contributed by atoms with van der Waals surface area (Å²) in [6.45, 7) is 2.40. The molecule has 34 heavy (non-hydrogen) atoms. The lowest BCUT2D eigenvalue weighted by Gasteiger charge is -2.24. The molecule has 0 fully saturated rings. The van der Waals surface area contributed by atoms with Gasteiger partial charge >= 0.3 is 0 Å². The summed E-state index contributed by atoms with van der Waals surface area (Å²) in [6.07, 6.45) is 4.21. The van der Waals surface area contributed by atoms with Crippen LogP contribution < -0.4 is 9.62 Å². The number of benzene rings is 3. The minimum absolute atomic E-state index is 0.0912. The number of anilines is 2. The molecule has 5 rings (SSSR count). The number of para-hydroxylation sites is 2. The van der Waals surface area contributed by atoms with E-state index in [1.165, 1.54) is 16.4 Å². The summed E-state index contributed by atoms with van der Waals surface area (Å²) in [6, 6.07) is 22.8. The molecule has 0 spiro atoms. The lowest BCUT2D eigenvalue weighted by molar-refractivity contribution is 0.102. The Labute approximate surface area is 198 Å². The van der Waals surface area contributed by atoms with Gasteiger partial charge in [-0.2, -0.15) is 5.10 Å². The topological polar surface area (TPSA) is 84.3 Å². The van der Waals surface area contributed by atoms with Crippen LogP contribution in [0, 0.1) is 0 Å². The van der Waals surface area contributed by atoms with E-state index in [0.717, 1.165) is 11.1 Å². The molecule has 1 unspecified atom stereocenters. The number of nitrogens with zero attached hydrogens (tertiary/aromatic N) is 3. The fourth-order valence-corrected chi connectivity index (χ4v) is 6.10. The van der Waals surface area contributed by atoms with Crippen molar-refractivity contribution < 1.29 is 13.2 Å². The highest BCUT2D eigenvalue weighted by Crippen LogP contribution is 2.36. The van der Waals surface area contributed by atoms with E-state index < -0.39 is 10.0 Å². The highest BCUT2D eigenvalue weighted by atomic mass is 32.2. The number of carbonyl (C=O) groups excluding carboxylic acids is 1.